The first kappa shape index (κ1) is 22.3. The van der Waals surface area contributed by atoms with Crippen LogP contribution in [0.1, 0.15) is 41.9 Å². The molecule has 2 aromatic heterocycles. The number of nitrogens with one attached hydrogen (secondary N) is 1. The van der Waals surface area contributed by atoms with E-state index in [1.165, 1.54) is 6.42 Å². The molecule has 0 spiro atoms. The molecule has 0 aliphatic carbocycles. The first-order valence-corrected chi connectivity index (χ1v) is 12.1. The van der Waals surface area contributed by atoms with Gasteiger partial charge in [0.2, 0.25) is 0 Å². The van der Waals surface area contributed by atoms with Gasteiger partial charge in [0.15, 0.2) is 0 Å². The maximum atomic E-state index is 13.0. The summed E-state index contributed by atoms with van der Waals surface area (Å²) in [6.07, 6.45) is 7.24. The van der Waals surface area contributed by atoms with Crippen LogP contribution < -0.4 is 10.9 Å². The van der Waals surface area contributed by atoms with Crippen molar-refractivity contribution < 1.29 is 4.79 Å². The molecule has 0 saturated carbocycles. The third-order valence-corrected chi connectivity index (χ3v) is 6.65. The van der Waals surface area contributed by atoms with Gasteiger partial charge in [0.1, 0.15) is 5.82 Å². The van der Waals surface area contributed by atoms with Gasteiger partial charge in [-0.05, 0) is 69.4 Å². The van der Waals surface area contributed by atoms with Crippen molar-refractivity contribution in [1.82, 2.24) is 19.0 Å². The number of carbonyl (C=O) groups is 1. The van der Waals surface area contributed by atoms with E-state index in [-0.39, 0.29) is 11.5 Å². The van der Waals surface area contributed by atoms with Crippen molar-refractivity contribution in [2.75, 3.05) is 26.0 Å². The monoisotopic (exact) mass is 457 g/mol. The van der Waals surface area contributed by atoms with E-state index < -0.39 is 0 Å². The number of amides is 1. The Labute approximate surface area is 199 Å². The summed E-state index contributed by atoms with van der Waals surface area (Å²) in [4.78, 5) is 33.0. The maximum Gasteiger partial charge on any atom is 0.261 e. The van der Waals surface area contributed by atoms with Gasteiger partial charge in [-0.25, -0.2) is 4.98 Å². The van der Waals surface area contributed by atoms with Crippen LogP contribution in [0.15, 0.2) is 53.5 Å². The lowest BCUT2D eigenvalue weighted by Gasteiger charge is -2.16. The minimum Gasteiger partial charge on any atom is -0.346 e. The number of aromatic nitrogens is 3. The van der Waals surface area contributed by atoms with E-state index in [4.69, 9.17) is 4.98 Å². The van der Waals surface area contributed by atoms with Gasteiger partial charge >= 0.3 is 0 Å². The number of likely N-dealkylation sites (N-methyl/N-ethyl adjacent to an activating group) is 1. The first-order chi connectivity index (χ1) is 16.5. The van der Waals surface area contributed by atoms with E-state index in [2.05, 4.69) is 41.1 Å². The number of fused-ring (bicyclic) bond motifs is 3. The van der Waals surface area contributed by atoms with Crippen LogP contribution in [0.4, 0.5) is 5.69 Å². The highest BCUT2D eigenvalue weighted by atomic mass is 16.1. The third-order valence-electron chi connectivity index (χ3n) is 6.65. The molecule has 176 valence electrons. The van der Waals surface area contributed by atoms with Crippen LogP contribution in [0.2, 0.25) is 0 Å². The first-order valence-electron chi connectivity index (χ1n) is 12.1. The van der Waals surface area contributed by atoms with Crippen molar-refractivity contribution in [3.8, 4) is 0 Å². The highest BCUT2D eigenvalue weighted by Gasteiger charge is 2.15. The zero-order valence-corrected chi connectivity index (χ0v) is 19.9. The van der Waals surface area contributed by atoms with Gasteiger partial charge in [-0.1, -0.05) is 12.8 Å². The molecule has 0 unspecified atom stereocenters. The summed E-state index contributed by atoms with van der Waals surface area (Å²) in [6.45, 7) is 2.60. The second-order valence-corrected chi connectivity index (χ2v) is 9.42. The largest absolute Gasteiger partial charge is 0.346 e. The quantitative estimate of drug-likeness (QED) is 0.486. The normalized spacial score (nSPS) is 14.2. The molecule has 4 aromatic rings. The smallest absolute Gasteiger partial charge is 0.261 e. The van der Waals surface area contributed by atoms with Gasteiger partial charge in [0.25, 0.3) is 11.5 Å². The number of anilines is 1. The molecular formula is C27H31N5O2. The Kier molecular flexibility index (Phi) is 6.20. The van der Waals surface area contributed by atoms with Crippen LogP contribution >= 0.6 is 0 Å². The Morgan fingerprint density at radius 2 is 1.91 bits per heavy atom. The zero-order valence-electron chi connectivity index (χ0n) is 19.9. The van der Waals surface area contributed by atoms with Crippen molar-refractivity contribution >= 4 is 33.4 Å². The summed E-state index contributed by atoms with van der Waals surface area (Å²) in [7, 11) is 4.13. The molecule has 34 heavy (non-hydrogen) atoms. The lowest BCUT2D eigenvalue weighted by molar-refractivity contribution is 0.102. The Morgan fingerprint density at radius 3 is 2.76 bits per heavy atom. The molecule has 0 fully saturated rings. The Hall–Kier alpha value is -3.45. The summed E-state index contributed by atoms with van der Waals surface area (Å²) < 4.78 is 4.04. The highest BCUT2D eigenvalue weighted by molar-refractivity contribution is 6.06. The minimum atomic E-state index is -0.207. The summed E-state index contributed by atoms with van der Waals surface area (Å²) in [5.74, 6) is 0.626. The van der Waals surface area contributed by atoms with Crippen LogP contribution in [0, 0.1) is 0 Å². The van der Waals surface area contributed by atoms with Crippen LogP contribution in [-0.2, 0) is 19.5 Å². The van der Waals surface area contributed by atoms with Gasteiger partial charge < -0.3 is 14.8 Å². The van der Waals surface area contributed by atoms with Gasteiger partial charge in [-0.2, -0.15) is 0 Å². The molecule has 3 heterocycles. The van der Waals surface area contributed by atoms with E-state index in [0.717, 1.165) is 67.7 Å². The number of rotatable bonds is 5. The van der Waals surface area contributed by atoms with Crippen molar-refractivity contribution in [1.29, 1.82) is 0 Å². The Morgan fingerprint density at radius 1 is 1.06 bits per heavy atom. The van der Waals surface area contributed by atoms with Crippen molar-refractivity contribution in [3.05, 3.63) is 70.4 Å². The predicted octanol–water partition coefficient (Wildman–Crippen LogP) is 4.28. The van der Waals surface area contributed by atoms with Gasteiger partial charge in [-0.3, -0.25) is 14.2 Å². The lowest BCUT2D eigenvalue weighted by Crippen LogP contribution is -2.26. The van der Waals surface area contributed by atoms with Crippen LogP contribution in [0.5, 0.6) is 0 Å². The molecule has 1 aliphatic heterocycles. The van der Waals surface area contributed by atoms with E-state index in [1.54, 1.807) is 18.2 Å². The fourth-order valence-corrected chi connectivity index (χ4v) is 4.72. The van der Waals surface area contributed by atoms with Gasteiger partial charge in [-0.15, -0.1) is 0 Å². The van der Waals surface area contributed by atoms with Crippen molar-refractivity contribution in [2.45, 2.75) is 45.2 Å². The molecule has 2 aromatic carbocycles. The maximum absolute atomic E-state index is 13.0. The number of benzene rings is 2. The summed E-state index contributed by atoms with van der Waals surface area (Å²) >= 11 is 0. The average Bonchev–Trinajstić information content (AvgIpc) is 3.21. The molecule has 1 aliphatic rings. The number of aryl methyl sites for hydroxylation is 1. The topological polar surface area (TPSA) is 72.2 Å². The van der Waals surface area contributed by atoms with E-state index >= 15 is 0 Å². The van der Waals surface area contributed by atoms with Crippen molar-refractivity contribution in [2.24, 2.45) is 0 Å². The summed E-state index contributed by atoms with van der Waals surface area (Å²) in [5.41, 5.74) is 2.98. The zero-order chi connectivity index (χ0) is 23.7. The summed E-state index contributed by atoms with van der Waals surface area (Å²) in [5, 5.41) is 4.66. The molecular weight excluding hydrogens is 426 g/mol. The molecule has 0 atom stereocenters. The van der Waals surface area contributed by atoms with Crippen LogP contribution in [0.3, 0.4) is 0 Å². The average molecular weight is 458 g/mol. The van der Waals surface area contributed by atoms with E-state index in [0.29, 0.717) is 16.5 Å². The van der Waals surface area contributed by atoms with E-state index in [9.17, 15) is 9.59 Å². The second kappa shape index (κ2) is 9.43. The molecule has 7 heteroatoms. The third kappa shape index (κ3) is 4.48. The fraction of sp³-hybridized carbons (Fsp3) is 0.370. The minimum absolute atomic E-state index is 0.00177. The SMILES string of the molecule is CN(C)CCn1ccc2cc(NC(=O)c3ccc4c(=O)n5c(nc4c3)CCCCCC5)ccc21. The Balaban J connectivity index is 1.39. The van der Waals surface area contributed by atoms with Gasteiger partial charge in [0.05, 0.1) is 10.9 Å². The van der Waals surface area contributed by atoms with E-state index in [1.807, 2.05) is 22.8 Å². The molecule has 5 rings (SSSR count). The molecule has 0 saturated heterocycles. The molecule has 1 N–H and O–H groups in total. The number of nitrogens with zero attached hydrogens (tertiary/aromatic N) is 4. The van der Waals surface area contributed by atoms with Crippen LogP contribution in [0.25, 0.3) is 21.8 Å². The molecule has 0 radical (unpaired) electrons. The standard InChI is InChI=1S/C27H31N5O2/c1-30(2)15-16-31-14-12-19-17-21(9-11-24(19)31)28-26(33)20-8-10-22-23(18-20)29-25-7-5-3-4-6-13-32(25)27(22)34/h8-12,14,17-18H,3-7,13,15-16H2,1-2H3,(H,28,33). The van der Waals surface area contributed by atoms with Crippen molar-refractivity contribution in [3.63, 3.8) is 0 Å². The molecule has 0 bridgehead atoms. The number of hydrogen-bond donors (Lipinski definition) is 1. The Bertz CT molecular complexity index is 1420. The lowest BCUT2D eigenvalue weighted by atomic mass is 10.1. The van der Waals surface area contributed by atoms with Gasteiger partial charge in [0, 0.05) is 54.4 Å². The predicted molar refractivity (Wildman–Crippen MR) is 137 cm³/mol. The second-order valence-electron chi connectivity index (χ2n) is 9.42. The fourth-order valence-electron chi connectivity index (χ4n) is 4.72. The summed E-state index contributed by atoms with van der Waals surface area (Å²) in [6, 6.07) is 13.2. The van der Waals surface area contributed by atoms with Crippen LogP contribution in [-0.4, -0.2) is 45.6 Å². The molecule has 1 amide bonds. The highest BCUT2D eigenvalue weighted by Crippen LogP contribution is 2.22. The molecule has 7 nitrogen and oxygen atoms in total. The number of carbonyl (C=O) groups excluding carboxylic acids is 1. The number of hydrogen-bond acceptors (Lipinski definition) is 4.